The molecule has 1 atom stereocenters. The molecule has 0 radical (unpaired) electrons. The highest BCUT2D eigenvalue weighted by Gasteiger charge is 2.12. The van der Waals surface area contributed by atoms with Gasteiger partial charge < -0.3 is 15.8 Å². The lowest BCUT2D eigenvalue weighted by Gasteiger charge is -2.15. The minimum atomic E-state index is -0.368. The number of hydrogen-bond donors (Lipinski definition) is 2. The minimum absolute atomic E-state index is 0.260. The van der Waals surface area contributed by atoms with Gasteiger partial charge in [-0.25, -0.2) is 0 Å². The molecule has 1 amide bonds. The molecule has 0 aliphatic heterocycles. The number of rotatable bonds is 8. The lowest BCUT2D eigenvalue weighted by Crippen LogP contribution is -2.26. The lowest BCUT2D eigenvalue weighted by atomic mass is 10.1. The Hall–Kier alpha value is -1.26. The predicted molar refractivity (Wildman–Crippen MR) is 77.3 cm³/mol. The third-order valence-corrected chi connectivity index (χ3v) is 3.13. The standard InChI is InChI=1S/C14H21ClN2O2/c1-3-7-17-8-11-12(15)5-4-6-13(11)19-9-10(2)14(16)18/h4-6,10,17H,3,7-9H2,1-2H3,(H2,16,18). The Labute approximate surface area is 119 Å². The summed E-state index contributed by atoms with van der Waals surface area (Å²) in [5.74, 6) is 0.00678. The van der Waals surface area contributed by atoms with E-state index in [9.17, 15) is 4.79 Å². The number of carbonyl (C=O) groups is 1. The van der Waals surface area contributed by atoms with Crippen LogP contribution < -0.4 is 15.8 Å². The van der Waals surface area contributed by atoms with Crippen molar-refractivity contribution in [3.05, 3.63) is 28.8 Å². The molecule has 5 heteroatoms. The maximum Gasteiger partial charge on any atom is 0.223 e. The zero-order chi connectivity index (χ0) is 14.3. The van der Waals surface area contributed by atoms with E-state index in [1.54, 1.807) is 6.92 Å². The first-order chi connectivity index (χ1) is 9.06. The molecule has 1 aromatic carbocycles. The van der Waals surface area contributed by atoms with Crippen molar-refractivity contribution >= 4 is 17.5 Å². The highest BCUT2D eigenvalue weighted by Crippen LogP contribution is 2.26. The summed E-state index contributed by atoms with van der Waals surface area (Å²) in [6.45, 7) is 5.67. The quantitative estimate of drug-likeness (QED) is 0.720. The molecule has 0 aliphatic rings. The number of hydrogen-bond acceptors (Lipinski definition) is 3. The van der Waals surface area contributed by atoms with Crippen LogP contribution in [0.15, 0.2) is 18.2 Å². The van der Waals surface area contributed by atoms with Gasteiger partial charge in [-0.15, -0.1) is 0 Å². The molecule has 0 fully saturated rings. The second-order valence-corrected chi connectivity index (χ2v) is 4.91. The number of primary amides is 1. The third-order valence-electron chi connectivity index (χ3n) is 2.78. The fraction of sp³-hybridized carbons (Fsp3) is 0.500. The summed E-state index contributed by atoms with van der Waals surface area (Å²) in [5, 5.41) is 3.95. The van der Waals surface area contributed by atoms with Crippen LogP contribution in [0.1, 0.15) is 25.8 Å². The number of benzene rings is 1. The Morgan fingerprint density at radius 1 is 1.53 bits per heavy atom. The van der Waals surface area contributed by atoms with Gasteiger partial charge in [0.1, 0.15) is 5.75 Å². The van der Waals surface area contributed by atoms with E-state index in [0.29, 0.717) is 17.3 Å². The molecular weight excluding hydrogens is 264 g/mol. The predicted octanol–water partition coefficient (Wildman–Crippen LogP) is 2.34. The molecule has 1 unspecified atom stereocenters. The van der Waals surface area contributed by atoms with Crippen LogP contribution in [0.5, 0.6) is 5.75 Å². The number of ether oxygens (including phenoxy) is 1. The third kappa shape index (κ3) is 5.09. The molecule has 3 N–H and O–H groups in total. The first kappa shape index (κ1) is 15.8. The van der Waals surface area contributed by atoms with Crippen molar-refractivity contribution in [2.45, 2.75) is 26.8 Å². The van der Waals surface area contributed by atoms with E-state index < -0.39 is 0 Å². The van der Waals surface area contributed by atoms with Crippen molar-refractivity contribution in [3.8, 4) is 5.75 Å². The van der Waals surface area contributed by atoms with Gasteiger partial charge >= 0.3 is 0 Å². The van der Waals surface area contributed by atoms with Gasteiger partial charge in [0, 0.05) is 17.1 Å². The first-order valence-electron chi connectivity index (χ1n) is 6.46. The van der Waals surface area contributed by atoms with Gasteiger partial charge in [-0.3, -0.25) is 4.79 Å². The van der Waals surface area contributed by atoms with Gasteiger partial charge in [0.15, 0.2) is 0 Å². The molecule has 0 spiro atoms. The number of nitrogens with one attached hydrogen (secondary N) is 1. The summed E-state index contributed by atoms with van der Waals surface area (Å²) in [6.07, 6.45) is 1.05. The molecule has 1 rings (SSSR count). The van der Waals surface area contributed by atoms with Crippen molar-refractivity contribution < 1.29 is 9.53 Å². The first-order valence-corrected chi connectivity index (χ1v) is 6.84. The summed E-state index contributed by atoms with van der Waals surface area (Å²) < 4.78 is 5.65. The molecule has 0 saturated carbocycles. The fourth-order valence-corrected chi connectivity index (χ4v) is 1.77. The lowest BCUT2D eigenvalue weighted by molar-refractivity contribution is -0.122. The van der Waals surface area contributed by atoms with Gasteiger partial charge in [0.25, 0.3) is 0 Å². The summed E-state index contributed by atoms with van der Waals surface area (Å²) >= 11 is 6.17. The Bertz CT molecular complexity index is 424. The zero-order valence-electron chi connectivity index (χ0n) is 11.4. The monoisotopic (exact) mass is 284 g/mol. The normalized spacial score (nSPS) is 12.2. The van der Waals surface area contributed by atoms with E-state index in [0.717, 1.165) is 18.5 Å². The number of nitrogens with two attached hydrogens (primary N) is 1. The van der Waals surface area contributed by atoms with Crippen LogP contribution in [0.3, 0.4) is 0 Å². The highest BCUT2D eigenvalue weighted by molar-refractivity contribution is 6.31. The van der Waals surface area contributed by atoms with Gasteiger partial charge in [-0.2, -0.15) is 0 Å². The highest BCUT2D eigenvalue weighted by atomic mass is 35.5. The van der Waals surface area contributed by atoms with Gasteiger partial charge in [-0.05, 0) is 25.1 Å². The Morgan fingerprint density at radius 3 is 2.89 bits per heavy atom. The van der Waals surface area contributed by atoms with Gasteiger partial charge in [0.2, 0.25) is 5.91 Å². The average Bonchev–Trinajstić information content (AvgIpc) is 2.38. The molecule has 1 aromatic rings. The smallest absolute Gasteiger partial charge is 0.223 e. The van der Waals surface area contributed by atoms with Crippen molar-refractivity contribution in [2.24, 2.45) is 11.7 Å². The number of amides is 1. The summed E-state index contributed by atoms with van der Waals surface area (Å²) in [4.78, 5) is 11.0. The van der Waals surface area contributed by atoms with Crippen LogP contribution in [0.25, 0.3) is 0 Å². The number of carbonyl (C=O) groups excluding carboxylic acids is 1. The number of halogens is 1. The molecule has 0 bridgehead atoms. The molecule has 19 heavy (non-hydrogen) atoms. The minimum Gasteiger partial charge on any atom is -0.492 e. The van der Waals surface area contributed by atoms with E-state index in [1.165, 1.54) is 0 Å². The average molecular weight is 285 g/mol. The maximum absolute atomic E-state index is 11.0. The van der Waals surface area contributed by atoms with Gasteiger partial charge in [0.05, 0.1) is 12.5 Å². The van der Waals surface area contributed by atoms with Crippen LogP contribution in [0, 0.1) is 5.92 Å². The van der Waals surface area contributed by atoms with Crippen LogP contribution in [-0.4, -0.2) is 19.1 Å². The van der Waals surface area contributed by atoms with E-state index in [-0.39, 0.29) is 18.4 Å². The van der Waals surface area contributed by atoms with E-state index in [4.69, 9.17) is 22.1 Å². The molecule has 0 heterocycles. The van der Waals surface area contributed by atoms with Crippen LogP contribution in [-0.2, 0) is 11.3 Å². The second-order valence-electron chi connectivity index (χ2n) is 4.51. The molecule has 0 aromatic heterocycles. The summed E-state index contributed by atoms with van der Waals surface area (Å²) in [5.41, 5.74) is 6.12. The topological polar surface area (TPSA) is 64.3 Å². The molecular formula is C14H21ClN2O2. The molecule has 0 saturated heterocycles. The van der Waals surface area contributed by atoms with Crippen LogP contribution >= 0.6 is 11.6 Å². The molecule has 106 valence electrons. The Balaban J connectivity index is 2.70. The summed E-state index contributed by atoms with van der Waals surface area (Å²) in [7, 11) is 0. The molecule has 4 nitrogen and oxygen atoms in total. The van der Waals surface area contributed by atoms with Crippen molar-refractivity contribution in [3.63, 3.8) is 0 Å². The van der Waals surface area contributed by atoms with Crippen LogP contribution in [0.4, 0.5) is 0 Å². The van der Waals surface area contributed by atoms with E-state index in [1.807, 2.05) is 18.2 Å². The summed E-state index contributed by atoms with van der Waals surface area (Å²) in [6, 6.07) is 5.51. The largest absolute Gasteiger partial charge is 0.492 e. The fourth-order valence-electron chi connectivity index (χ4n) is 1.53. The Kier molecular flexibility index (Phi) is 6.67. The SMILES string of the molecule is CCCNCc1c(Cl)cccc1OCC(C)C(N)=O. The van der Waals surface area contributed by atoms with Crippen molar-refractivity contribution in [2.75, 3.05) is 13.2 Å². The van der Waals surface area contributed by atoms with Crippen LogP contribution in [0.2, 0.25) is 5.02 Å². The maximum atomic E-state index is 11.0. The van der Waals surface area contributed by atoms with Gasteiger partial charge in [-0.1, -0.05) is 31.5 Å². The molecule has 0 aliphatic carbocycles. The van der Waals surface area contributed by atoms with E-state index >= 15 is 0 Å². The van der Waals surface area contributed by atoms with E-state index in [2.05, 4.69) is 12.2 Å². The van der Waals surface area contributed by atoms with Crippen molar-refractivity contribution in [1.82, 2.24) is 5.32 Å². The van der Waals surface area contributed by atoms with Crippen molar-refractivity contribution in [1.29, 1.82) is 0 Å². The Morgan fingerprint density at radius 2 is 2.26 bits per heavy atom. The second kappa shape index (κ2) is 8.02. The zero-order valence-corrected chi connectivity index (χ0v) is 12.2.